The van der Waals surface area contributed by atoms with Gasteiger partial charge in [0.25, 0.3) is 5.91 Å². The molecule has 2 unspecified atom stereocenters. The van der Waals surface area contributed by atoms with Crippen LogP contribution in [0.1, 0.15) is 23.7 Å². The lowest BCUT2D eigenvalue weighted by Gasteiger charge is -2.33. The lowest BCUT2D eigenvalue weighted by molar-refractivity contribution is 0.0628. The van der Waals surface area contributed by atoms with Crippen LogP contribution in [0.3, 0.4) is 0 Å². The number of amides is 1. The second-order valence-electron chi connectivity index (χ2n) is 7.05. The van der Waals surface area contributed by atoms with Crippen molar-refractivity contribution in [2.45, 2.75) is 24.3 Å². The number of hydrogen-bond donors (Lipinski definition) is 2. The summed E-state index contributed by atoms with van der Waals surface area (Å²) >= 11 is 11.6. The van der Waals surface area contributed by atoms with E-state index in [1.54, 1.807) is 6.92 Å². The van der Waals surface area contributed by atoms with Crippen molar-refractivity contribution in [2.24, 2.45) is 5.92 Å². The minimum atomic E-state index is -3.93. The molecule has 3 rings (SSSR count). The number of aliphatic hydroxyl groups is 1. The Bertz CT molecular complexity index is 1070. The van der Waals surface area contributed by atoms with Gasteiger partial charge >= 0.3 is 0 Å². The molecule has 2 N–H and O–H groups in total. The van der Waals surface area contributed by atoms with Crippen LogP contribution >= 0.6 is 23.2 Å². The number of carbonyl (C=O) groups is 1. The molecule has 2 aromatic rings. The van der Waals surface area contributed by atoms with E-state index in [0.29, 0.717) is 6.42 Å². The van der Waals surface area contributed by atoms with Crippen LogP contribution < -0.4 is 5.32 Å². The van der Waals surface area contributed by atoms with E-state index in [0.717, 1.165) is 18.2 Å². The molecule has 162 valence electrons. The summed E-state index contributed by atoms with van der Waals surface area (Å²) in [5, 5.41) is 11.6. The second-order valence-corrected chi connectivity index (χ2v) is 9.80. The van der Waals surface area contributed by atoms with Crippen LogP contribution in [0.4, 0.5) is 14.5 Å². The fourth-order valence-electron chi connectivity index (χ4n) is 3.13. The Kier molecular flexibility index (Phi) is 6.69. The molecule has 11 heteroatoms. The highest BCUT2D eigenvalue weighted by Gasteiger charge is 2.33. The molecule has 30 heavy (non-hydrogen) atoms. The van der Waals surface area contributed by atoms with Crippen LogP contribution in [0.25, 0.3) is 0 Å². The molecule has 0 aromatic heterocycles. The number of benzene rings is 2. The molecule has 0 bridgehead atoms. The zero-order valence-corrected chi connectivity index (χ0v) is 18.0. The van der Waals surface area contributed by atoms with Crippen molar-refractivity contribution in [2.75, 3.05) is 18.4 Å². The Labute approximate surface area is 182 Å². The summed E-state index contributed by atoms with van der Waals surface area (Å²) in [5.74, 6) is -3.55. The van der Waals surface area contributed by atoms with E-state index in [2.05, 4.69) is 5.32 Å². The Balaban J connectivity index is 1.89. The molecule has 2 atom stereocenters. The normalized spacial score (nSPS) is 20.2. The molecule has 1 saturated heterocycles. The molecular weight excluding hydrogens is 461 g/mol. The first-order valence-corrected chi connectivity index (χ1v) is 11.1. The summed E-state index contributed by atoms with van der Waals surface area (Å²) in [4.78, 5) is 12.4. The van der Waals surface area contributed by atoms with E-state index in [1.165, 1.54) is 16.4 Å². The van der Waals surface area contributed by atoms with Gasteiger partial charge in [-0.25, -0.2) is 17.2 Å². The first-order chi connectivity index (χ1) is 14.0. The van der Waals surface area contributed by atoms with Crippen molar-refractivity contribution < 1.29 is 27.1 Å². The SMILES string of the molecule is CC1CN(S(=O)(=O)c2ccc(Cl)c(C(=O)Nc3cc(F)c(F)c(Cl)c3)c2)CCC1O. The average Bonchev–Trinajstić information content (AvgIpc) is 2.68. The maximum absolute atomic E-state index is 13.5. The van der Waals surface area contributed by atoms with Crippen molar-refractivity contribution in [1.29, 1.82) is 0 Å². The van der Waals surface area contributed by atoms with Crippen molar-refractivity contribution in [3.8, 4) is 0 Å². The minimum absolute atomic E-state index is 0.0254. The van der Waals surface area contributed by atoms with Gasteiger partial charge in [-0.3, -0.25) is 4.79 Å². The highest BCUT2D eigenvalue weighted by molar-refractivity contribution is 7.89. The van der Waals surface area contributed by atoms with Gasteiger partial charge in [-0.2, -0.15) is 4.31 Å². The van der Waals surface area contributed by atoms with Crippen molar-refractivity contribution in [3.05, 3.63) is 57.6 Å². The molecule has 0 aliphatic carbocycles. The largest absolute Gasteiger partial charge is 0.393 e. The van der Waals surface area contributed by atoms with E-state index in [9.17, 15) is 27.1 Å². The smallest absolute Gasteiger partial charge is 0.257 e. The van der Waals surface area contributed by atoms with E-state index >= 15 is 0 Å². The maximum Gasteiger partial charge on any atom is 0.257 e. The number of aliphatic hydroxyl groups excluding tert-OH is 1. The first kappa shape index (κ1) is 22.9. The number of carbonyl (C=O) groups excluding carboxylic acids is 1. The number of halogens is 4. The molecule has 0 radical (unpaired) electrons. The third-order valence-electron chi connectivity index (χ3n) is 4.88. The van der Waals surface area contributed by atoms with Gasteiger partial charge in [0, 0.05) is 24.8 Å². The number of hydrogen-bond acceptors (Lipinski definition) is 4. The number of nitrogens with one attached hydrogen (secondary N) is 1. The van der Waals surface area contributed by atoms with Crippen molar-refractivity contribution in [3.63, 3.8) is 0 Å². The average molecular weight is 479 g/mol. The summed E-state index contributed by atoms with van der Waals surface area (Å²) in [6, 6.07) is 5.42. The Morgan fingerprint density at radius 2 is 1.90 bits per heavy atom. The van der Waals surface area contributed by atoms with Crippen LogP contribution in [-0.2, 0) is 10.0 Å². The van der Waals surface area contributed by atoms with Crippen molar-refractivity contribution in [1.82, 2.24) is 4.31 Å². The standard InChI is InChI=1S/C19H18Cl2F2N2O4S/c1-10-9-25(5-4-17(10)26)30(28,29)12-2-3-14(20)13(8-12)19(27)24-11-6-15(21)18(23)16(22)7-11/h2-3,6-8,10,17,26H,4-5,9H2,1H3,(H,24,27). The molecule has 1 fully saturated rings. The summed E-state index contributed by atoms with van der Waals surface area (Å²) in [6.07, 6.45) is -0.274. The predicted octanol–water partition coefficient (Wildman–Crippen LogP) is 3.92. The molecule has 0 spiro atoms. The number of sulfonamides is 1. The number of nitrogens with zero attached hydrogens (tertiary/aromatic N) is 1. The minimum Gasteiger partial charge on any atom is -0.393 e. The van der Waals surface area contributed by atoms with Gasteiger partial charge in [-0.05, 0) is 36.6 Å². The van der Waals surface area contributed by atoms with Crippen LogP contribution in [0.5, 0.6) is 0 Å². The van der Waals surface area contributed by atoms with Gasteiger partial charge in [0.05, 0.1) is 26.6 Å². The molecule has 1 aliphatic rings. The zero-order chi connectivity index (χ0) is 22.2. The molecule has 2 aromatic carbocycles. The van der Waals surface area contributed by atoms with Gasteiger partial charge in [-0.15, -0.1) is 0 Å². The zero-order valence-electron chi connectivity index (χ0n) is 15.7. The number of piperidine rings is 1. The quantitative estimate of drug-likeness (QED) is 0.652. The molecule has 1 heterocycles. The van der Waals surface area contributed by atoms with E-state index < -0.39 is 38.7 Å². The molecule has 0 saturated carbocycles. The van der Waals surface area contributed by atoms with Crippen LogP contribution in [-0.4, -0.2) is 42.9 Å². The Hall–Kier alpha value is -1.78. The first-order valence-electron chi connectivity index (χ1n) is 8.94. The van der Waals surface area contributed by atoms with Crippen molar-refractivity contribution >= 4 is 44.8 Å². The predicted molar refractivity (Wildman–Crippen MR) is 109 cm³/mol. The lowest BCUT2D eigenvalue weighted by atomic mass is 9.99. The lowest BCUT2D eigenvalue weighted by Crippen LogP contribution is -2.44. The Morgan fingerprint density at radius 1 is 1.20 bits per heavy atom. The van der Waals surface area contributed by atoms with E-state index in [1.807, 2.05) is 0 Å². The van der Waals surface area contributed by atoms with E-state index in [4.69, 9.17) is 23.2 Å². The third-order valence-corrected chi connectivity index (χ3v) is 7.35. The fourth-order valence-corrected chi connectivity index (χ4v) is 5.12. The maximum atomic E-state index is 13.5. The van der Waals surface area contributed by atoms with E-state index in [-0.39, 0.29) is 40.2 Å². The summed E-state index contributed by atoms with van der Waals surface area (Å²) in [6.45, 7) is 2.03. The second kappa shape index (κ2) is 8.76. The van der Waals surface area contributed by atoms with Gasteiger partial charge < -0.3 is 10.4 Å². The summed E-state index contributed by atoms with van der Waals surface area (Å²) < 4.78 is 54.0. The molecule has 1 aliphatic heterocycles. The number of anilines is 1. The monoisotopic (exact) mass is 478 g/mol. The molecule has 6 nitrogen and oxygen atoms in total. The Morgan fingerprint density at radius 3 is 2.53 bits per heavy atom. The van der Waals surface area contributed by atoms with Gasteiger partial charge in [-0.1, -0.05) is 30.1 Å². The topological polar surface area (TPSA) is 86.7 Å². The van der Waals surface area contributed by atoms with Gasteiger partial charge in [0.15, 0.2) is 11.6 Å². The fraction of sp³-hybridized carbons (Fsp3) is 0.316. The van der Waals surface area contributed by atoms with Gasteiger partial charge in [0.1, 0.15) is 0 Å². The summed E-state index contributed by atoms with van der Waals surface area (Å²) in [5.41, 5.74) is -0.282. The molecular formula is C19H18Cl2F2N2O4S. The molecule has 1 amide bonds. The van der Waals surface area contributed by atoms with Crippen LogP contribution in [0.15, 0.2) is 35.2 Å². The number of rotatable bonds is 4. The highest BCUT2D eigenvalue weighted by atomic mass is 35.5. The van der Waals surface area contributed by atoms with Crippen LogP contribution in [0, 0.1) is 17.6 Å². The third kappa shape index (κ3) is 4.60. The highest BCUT2D eigenvalue weighted by Crippen LogP contribution is 2.28. The van der Waals surface area contributed by atoms with Crippen LogP contribution in [0.2, 0.25) is 10.0 Å². The van der Waals surface area contributed by atoms with Gasteiger partial charge in [0.2, 0.25) is 10.0 Å². The summed E-state index contributed by atoms with van der Waals surface area (Å²) in [7, 11) is -3.93.